The van der Waals surface area contributed by atoms with Crippen LogP contribution in [0.15, 0.2) is 12.2 Å². The Balaban J connectivity index is 1.02. The quantitative estimate of drug-likeness (QED) is 0.0341. The zero-order chi connectivity index (χ0) is 56.7. The van der Waals surface area contributed by atoms with Crippen molar-refractivity contribution in [3.05, 3.63) is 12.2 Å². The summed E-state index contributed by atoms with van der Waals surface area (Å²) in [4.78, 5) is 4.70. The van der Waals surface area contributed by atoms with Crippen LogP contribution in [0.3, 0.4) is 0 Å². The number of aliphatic hydroxyl groups is 14. The molecule has 0 spiro atoms. The highest BCUT2D eigenvalue weighted by Crippen LogP contribution is 2.76. The molecule has 4 aliphatic heterocycles. The predicted molar refractivity (Wildman–Crippen MR) is 263 cm³/mol. The fourth-order valence-corrected chi connectivity index (χ4v) is 15.9. The van der Waals surface area contributed by atoms with Crippen molar-refractivity contribution < 1.29 is 120 Å². The van der Waals surface area contributed by atoms with Crippen molar-refractivity contribution in [2.24, 2.45) is 45.3 Å². The molecule has 0 unspecified atom stereocenters. The first kappa shape index (κ1) is 61.8. The van der Waals surface area contributed by atoms with Gasteiger partial charge in [0, 0.05) is 0 Å². The van der Waals surface area contributed by atoms with E-state index in [0.717, 1.165) is 12.8 Å². The van der Waals surface area contributed by atoms with Gasteiger partial charge in [0.15, 0.2) is 25.2 Å². The van der Waals surface area contributed by atoms with Crippen molar-refractivity contribution in [3.8, 4) is 0 Å². The van der Waals surface area contributed by atoms with Crippen molar-refractivity contribution in [1.29, 1.82) is 0 Å². The fourth-order valence-electron chi connectivity index (χ4n) is 15.9. The van der Waals surface area contributed by atoms with Crippen LogP contribution in [0.25, 0.3) is 0 Å². The highest BCUT2D eigenvalue weighted by Gasteiger charge is 2.72. The van der Waals surface area contributed by atoms with Gasteiger partial charge in [-0.2, -0.15) is 0 Å². The van der Waals surface area contributed by atoms with Crippen LogP contribution in [0.5, 0.6) is 0 Å². The van der Waals surface area contributed by atoms with E-state index in [4.69, 9.17) is 42.8 Å². The monoisotopic (exact) mass is 1110 g/mol. The maximum atomic E-state index is 12.8. The molecule has 0 aromatic carbocycles. The Bertz CT molecular complexity index is 2000. The number of hydrogen-bond donors (Lipinski definition) is 15. The molecule has 8 aliphatic rings. The van der Waals surface area contributed by atoms with Crippen LogP contribution in [-0.2, 0) is 42.8 Å². The molecule has 24 heteroatoms. The first-order valence-corrected chi connectivity index (χ1v) is 27.5. The summed E-state index contributed by atoms with van der Waals surface area (Å²) >= 11 is 0. The van der Waals surface area contributed by atoms with Gasteiger partial charge in [0.25, 0.3) is 0 Å². The van der Waals surface area contributed by atoms with E-state index in [-0.39, 0.29) is 47.5 Å². The lowest BCUT2D eigenvalue weighted by molar-refractivity contribution is -0.378. The average Bonchev–Trinajstić information content (AvgIpc) is 3.97. The first-order chi connectivity index (χ1) is 35.9. The Hall–Kier alpha value is -1.22. The van der Waals surface area contributed by atoms with Crippen LogP contribution < -0.4 is 0 Å². The molecule has 77 heavy (non-hydrogen) atoms. The number of aliphatic hydroxyl groups excluding tert-OH is 14. The summed E-state index contributed by atoms with van der Waals surface area (Å²) in [7, 11) is 0. The first-order valence-electron chi connectivity index (χ1n) is 27.5. The minimum Gasteiger partial charge on any atom is -0.394 e. The second-order valence-electron chi connectivity index (χ2n) is 25.8. The van der Waals surface area contributed by atoms with Crippen LogP contribution in [0, 0.1) is 45.3 Å². The zero-order valence-corrected chi connectivity index (χ0v) is 45.5. The van der Waals surface area contributed by atoms with E-state index >= 15 is 0 Å². The molecule has 4 saturated carbocycles. The lowest BCUT2D eigenvalue weighted by Gasteiger charge is -2.71. The van der Waals surface area contributed by atoms with Gasteiger partial charge in [0.1, 0.15) is 97.2 Å². The lowest BCUT2D eigenvalue weighted by Crippen LogP contribution is -2.68. The van der Waals surface area contributed by atoms with Gasteiger partial charge in [0.05, 0.1) is 44.2 Å². The van der Waals surface area contributed by atoms with E-state index in [0.29, 0.717) is 32.1 Å². The zero-order valence-electron chi connectivity index (χ0n) is 45.5. The molecule has 4 heterocycles. The highest BCUT2D eigenvalue weighted by molar-refractivity contribution is 5.21. The van der Waals surface area contributed by atoms with E-state index in [9.17, 15) is 76.7 Å². The van der Waals surface area contributed by atoms with Crippen molar-refractivity contribution in [3.63, 3.8) is 0 Å². The molecule has 8 rings (SSSR count). The number of rotatable bonds is 16. The molecule has 0 bridgehead atoms. The molecule has 29 atom stereocenters. The van der Waals surface area contributed by atoms with Crippen molar-refractivity contribution in [2.45, 2.75) is 247 Å². The van der Waals surface area contributed by atoms with Crippen LogP contribution in [0.1, 0.15) is 107 Å². The summed E-state index contributed by atoms with van der Waals surface area (Å²) in [5.41, 5.74) is -4.10. The van der Waals surface area contributed by atoms with Crippen LogP contribution >= 0.6 is 0 Å². The Morgan fingerprint density at radius 2 is 1.14 bits per heavy atom. The molecule has 0 amide bonds. The normalized spacial score (nSPS) is 52.1. The van der Waals surface area contributed by atoms with E-state index < -0.39 is 171 Å². The Morgan fingerprint density at radius 1 is 0.571 bits per heavy atom. The summed E-state index contributed by atoms with van der Waals surface area (Å²) in [6, 6.07) is 0. The van der Waals surface area contributed by atoms with Gasteiger partial charge >= 0.3 is 0 Å². The molecule has 446 valence electrons. The van der Waals surface area contributed by atoms with Gasteiger partial charge in [-0.3, -0.25) is 5.26 Å². The van der Waals surface area contributed by atoms with Crippen LogP contribution in [-0.4, -0.2) is 243 Å². The van der Waals surface area contributed by atoms with Crippen molar-refractivity contribution in [1.82, 2.24) is 0 Å². The molecular weight excluding hydrogens is 1020 g/mol. The SMILES string of the molecule is CC(C)(/C=C/C[C@](C)(O[C@@H]1O[C@H](CO[C@@H]2OC[C@H](O)[C@H](O)[C@H]2O)[C@@H](O)[C@H](O)[C@H]1O)[C@H]1CC[C@]2(C)[C@@H]1[C@H](O)C[C@@H]1[C@@]3(C)CC[C@H](O[C@@H]4O[C@H](CO)[C@@H](O)[C@H](O)[C@H]4O[C@@H]4O[C@H](CO)[C@@H](O)[C@H](O)[C@H]4O)C(C)(C)[C@@H]3CC[C@]12C)OO. The molecule has 4 aliphatic carbocycles. The molecule has 4 saturated heterocycles. The topological polar surface area (TPSA) is 387 Å². The van der Waals surface area contributed by atoms with Gasteiger partial charge in [-0.25, -0.2) is 4.89 Å². The second kappa shape index (κ2) is 23.1. The Labute approximate surface area is 449 Å². The maximum Gasteiger partial charge on any atom is 0.187 e. The standard InChI is InChI=1S/C53H90O24/c1-48(2,77-68)13-9-14-53(8,76-46-42(67)38(63)36(61)28(73-46)22-70-44-40(65)33(58)25(57)21-69-44)23-10-16-52(7)32(23)24(56)18-30-50(5)15-12-31(49(3,4)29(50)11-17-51(30,52)6)74-47-43(39(64)35(60)27(20-55)72-47)75-45-41(66)37(62)34(59)26(19-54)71-45/h9,13,23-47,54-68H,10-12,14-22H2,1-8H3/b13-9+/t23-,24+,25-,26+,27+,28+,29-,30+,31-,32-,33-,34+,35+,36+,37-,38-,39-,40+,41+,42+,43+,44-,45-,46-,47-,50-,51+,52+,53-/m0/s1. The van der Waals surface area contributed by atoms with E-state index in [1.54, 1.807) is 26.0 Å². The van der Waals surface area contributed by atoms with E-state index in [1.165, 1.54) is 0 Å². The number of hydrogen-bond acceptors (Lipinski definition) is 24. The minimum atomic E-state index is -1.83. The third-order valence-electron chi connectivity index (χ3n) is 20.6. The molecule has 24 nitrogen and oxygen atoms in total. The average molecular weight is 1110 g/mol. The Kier molecular flexibility index (Phi) is 18.5. The smallest absolute Gasteiger partial charge is 0.187 e. The van der Waals surface area contributed by atoms with Gasteiger partial charge in [-0.1, -0.05) is 46.8 Å². The van der Waals surface area contributed by atoms with Crippen molar-refractivity contribution >= 4 is 0 Å². The van der Waals surface area contributed by atoms with Gasteiger partial charge in [-0.15, -0.1) is 0 Å². The molecular formula is C53H90O24. The van der Waals surface area contributed by atoms with Gasteiger partial charge in [-0.05, 0) is 117 Å². The number of fused-ring (bicyclic) bond motifs is 5. The minimum absolute atomic E-state index is 0.000540. The fraction of sp³-hybridized carbons (Fsp3) is 0.962. The molecule has 0 aromatic rings. The van der Waals surface area contributed by atoms with E-state index in [1.807, 2.05) is 6.92 Å². The molecule has 0 radical (unpaired) electrons. The predicted octanol–water partition coefficient (Wildman–Crippen LogP) is -2.10. The maximum absolute atomic E-state index is 12.8. The van der Waals surface area contributed by atoms with E-state index in [2.05, 4.69) is 34.6 Å². The Morgan fingerprint density at radius 3 is 1.78 bits per heavy atom. The number of ether oxygens (including phenoxy) is 8. The highest BCUT2D eigenvalue weighted by atomic mass is 17.1. The largest absolute Gasteiger partial charge is 0.394 e. The molecule has 15 N–H and O–H groups in total. The van der Waals surface area contributed by atoms with Gasteiger partial charge < -0.3 is 109 Å². The third kappa shape index (κ3) is 11.0. The summed E-state index contributed by atoms with van der Waals surface area (Å²) in [6.07, 6.45) is -23.3. The van der Waals surface area contributed by atoms with Crippen LogP contribution in [0.2, 0.25) is 0 Å². The van der Waals surface area contributed by atoms with Crippen LogP contribution in [0.4, 0.5) is 0 Å². The van der Waals surface area contributed by atoms with Gasteiger partial charge in [0.2, 0.25) is 0 Å². The second-order valence-corrected chi connectivity index (χ2v) is 25.8. The summed E-state index contributed by atoms with van der Waals surface area (Å²) in [5.74, 6) is -0.727. The third-order valence-corrected chi connectivity index (χ3v) is 20.6. The summed E-state index contributed by atoms with van der Waals surface area (Å²) in [6.45, 7) is 14.1. The molecule has 0 aromatic heterocycles. The summed E-state index contributed by atoms with van der Waals surface area (Å²) < 4.78 is 48.6. The van der Waals surface area contributed by atoms with Crippen molar-refractivity contribution in [2.75, 3.05) is 26.4 Å². The summed E-state index contributed by atoms with van der Waals surface area (Å²) in [5, 5.41) is 161. The lowest BCUT2D eigenvalue weighted by atomic mass is 9.35. The molecule has 8 fully saturated rings.